The summed E-state index contributed by atoms with van der Waals surface area (Å²) in [6.45, 7) is 4.16. The lowest BCUT2D eigenvalue weighted by Gasteiger charge is -2.09. The predicted octanol–water partition coefficient (Wildman–Crippen LogP) is 3.10. The zero-order chi connectivity index (χ0) is 15.2. The zero-order valence-electron chi connectivity index (χ0n) is 12.0. The molecule has 5 nitrogen and oxygen atoms in total. The van der Waals surface area contributed by atoms with Gasteiger partial charge in [-0.1, -0.05) is 30.7 Å². The minimum atomic E-state index is -0.180. The molecule has 1 amide bonds. The fraction of sp³-hybridized carbons (Fsp3) is 0.333. The Labute approximate surface area is 128 Å². The standard InChI is InChI=1S/C15H18ClN3O2/c1-3-11(2)17-15(20)13-8-9-19(18-13)10-21-14-7-5-4-6-12(14)16/h4-9,11H,3,10H2,1-2H3,(H,17,20). The smallest absolute Gasteiger partial charge is 0.271 e. The van der Waals surface area contributed by atoms with Crippen LogP contribution in [0.25, 0.3) is 0 Å². The highest BCUT2D eigenvalue weighted by molar-refractivity contribution is 6.32. The third-order valence-electron chi connectivity index (χ3n) is 3.05. The number of carbonyl (C=O) groups excluding carboxylic acids is 1. The van der Waals surface area contributed by atoms with E-state index < -0.39 is 0 Å². The molecule has 1 aromatic heterocycles. The second-order valence-electron chi connectivity index (χ2n) is 4.73. The summed E-state index contributed by atoms with van der Waals surface area (Å²) in [7, 11) is 0. The molecule has 1 unspecified atom stereocenters. The molecule has 1 N–H and O–H groups in total. The lowest BCUT2D eigenvalue weighted by atomic mass is 10.2. The number of rotatable bonds is 6. The van der Waals surface area contributed by atoms with Crippen LogP contribution in [0.4, 0.5) is 0 Å². The Bertz CT molecular complexity index is 612. The third-order valence-corrected chi connectivity index (χ3v) is 3.36. The second kappa shape index (κ2) is 7.13. The van der Waals surface area contributed by atoms with Crippen molar-refractivity contribution in [2.75, 3.05) is 0 Å². The van der Waals surface area contributed by atoms with Gasteiger partial charge in [-0.3, -0.25) is 4.79 Å². The van der Waals surface area contributed by atoms with Gasteiger partial charge in [-0.05, 0) is 31.5 Å². The number of halogens is 1. The number of benzene rings is 1. The summed E-state index contributed by atoms with van der Waals surface area (Å²) in [5.41, 5.74) is 0.373. The number of amides is 1. The van der Waals surface area contributed by atoms with Crippen LogP contribution in [-0.2, 0) is 6.73 Å². The fourth-order valence-corrected chi connectivity index (χ4v) is 1.84. The van der Waals surface area contributed by atoms with E-state index in [1.54, 1.807) is 29.1 Å². The predicted molar refractivity (Wildman–Crippen MR) is 81.5 cm³/mol. The molecule has 0 bridgehead atoms. The first-order chi connectivity index (χ1) is 10.1. The van der Waals surface area contributed by atoms with Crippen LogP contribution in [0.1, 0.15) is 30.8 Å². The van der Waals surface area contributed by atoms with Crippen LogP contribution in [-0.4, -0.2) is 21.7 Å². The van der Waals surface area contributed by atoms with E-state index in [1.165, 1.54) is 0 Å². The van der Waals surface area contributed by atoms with Crippen LogP contribution in [0.2, 0.25) is 5.02 Å². The monoisotopic (exact) mass is 307 g/mol. The molecule has 6 heteroatoms. The van der Waals surface area contributed by atoms with Gasteiger partial charge in [0.25, 0.3) is 5.91 Å². The van der Waals surface area contributed by atoms with Gasteiger partial charge in [-0.2, -0.15) is 5.10 Å². The molecule has 1 aromatic carbocycles. The SMILES string of the molecule is CCC(C)NC(=O)c1ccn(COc2ccccc2Cl)n1. The van der Waals surface area contributed by atoms with Crippen molar-refractivity contribution in [3.8, 4) is 5.75 Å². The van der Waals surface area contributed by atoms with Crippen LogP contribution < -0.4 is 10.1 Å². The van der Waals surface area contributed by atoms with E-state index in [0.717, 1.165) is 6.42 Å². The molecule has 2 aromatic rings. The Balaban J connectivity index is 1.94. The van der Waals surface area contributed by atoms with Gasteiger partial charge in [0.1, 0.15) is 11.4 Å². The van der Waals surface area contributed by atoms with Crippen molar-refractivity contribution in [2.45, 2.75) is 33.0 Å². The van der Waals surface area contributed by atoms with Crippen molar-refractivity contribution >= 4 is 17.5 Å². The number of ether oxygens (including phenoxy) is 1. The molecule has 0 saturated carbocycles. The Morgan fingerprint density at radius 1 is 1.43 bits per heavy atom. The van der Waals surface area contributed by atoms with E-state index >= 15 is 0 Å². The van der Waals surface area contributed by atoms with E-state index in [1.807, 2.05) is 26.0 Å². The van der Waals surface area contributed by atoms with Crippen LogP contribution in [0, 0.1) is 0 Å². The molecule has 0 fully saturated rings. The normalized spacial score (nSPS) is 12.0. The Morgan fingerprint density at radius 3 is 2.90 bits per heavy atom. The summed E-state index contributed by atoms with van der Waals surface area (Å²) in [4.78, 5) is 11.9. The molecule has 21 heavy (non-hydrogen) atoms. The number of aromatic nitrogens is 2. The second-order valence-corrected chi connectivity index (χ2v) is 5.13. The average molecular weight is 308 g/mol. The lowest BCUT2D eigenvalue weighted by Crippen LogP contribution is -2.32. The van der Waals surface area contributed by atoms with Gasteiger partial charge in [0.05, 0.1) is 5.02 Å². The Morgan fingerprint density at radius 2 is 2.19 bits per heavy atom. The van der Waals surface area contributed by atoms with E-state index in [-0.39, 0.29) is 18.7 Å². The Kier molecular flexibility index (Phi) is 5.22. The summed E-state index contributed by atoms with van der Waals surface area (Å²) in [6.07, 6.45) is 2.57. The van der Waals surface area contributed by atoms with Gasteiger partial charge >= 0.3 is 0 Å². The molecule has 1 heterocycles. The maximum absolute atomic E-state index is 11.9. The van der Waals surface area contributed by atoms with Gasteiger partial charge < -0.3 is 10.1 Å². The maximum atomic E-state index is 11.9. The Hall–Kier alpha value is -2.01. The van der Waals surface area contributed by atoms with Gasteiger partial charge in [-0.25, -0.2) is 4.68 Å². The molecule has 0 radical (unpaired) electrons. The minimum absolute atomic E-state index is 0.127. The first-order valence-corrected chi connectivity index (χ1v) is 7.19. The topological polar surface area (TPSA) is 56.2 Å². The van der Waals surface area contributed by atoms with Crippen molar-refractivity contribution in [3.05, 3.63) is 47.2 Å². The molecule has 112 valence electrons. The lowest BCUT2D eigenvalue weighted by molar-refractivity contribution is 0.0932. The van der Waals surface area contributed by atoms with Crippen LogP contribution in [0.5, 0.6) is 5.75 Å². The molecule has 0 spiro atoms. The summed E-state index contributed by atoms with van der Waals surface area (Å²) in [5.74, 6) is 0.404. The van der Waals surface area contributed by atoms with E-state index in [0.29, 0.717) is 16.5 Å². The molecule has 0 aliphatic carbocycles. The molecule has 0 saturated heterocycles. The van der Waals surface area contributed by atoms with E-state index in [4.69, 9.17) is 16.3 Å². The number of hydrogen-bond acceptors (Lipinski definition) is 3. The highest BCUT2D eigenvalue weighted by atomic mass is 35.5. The fourth-order valence-electron chi connectivity index (χ4n) is 1.65. The van der Waals surface area contributed by atoms with Gasteiger partial charge in [0, 0.05) is 12.2 Å². The number of carbonyl (C=O) groups is 1. The highest BCUT2D eigenvalue weighted by Gasteiger charge is 2.11. The summed E-state index contributed by atoms with van der Waals surface area (Å²) < 4.78 is 7.11. The quantitative estimate of drug-likeness (QED) is 0.892. The molecule has 2 rings (SSSR count). The van der Waals surface area contributed by atoms with E-state index in [9.17, 15) is 4.79 Å². The zero-order valence-corrected chi connectivity index (χ0v) is 12.8. The first-order valence-electron chi connectivity index (χ1n) is 6.81. The van der Waals surface area contributed by atoms with Crippen molar-refractivity contribution in [2.24, 2.45) is 0 Å². The van der Waals surface area contributed by atoms with Crippen molar-refractivity contribution in [1.82, 2.24) is 15.1 Å². The number of nitrogens with one attached hydrogen (secondary N) is 1. The number of nitrogens with zero attached hydrogens (tertiary/aromatic N) is 2. The van der Waals surface area contributed by atoms with Crippen molar-refractivity contribution < 1.29 is 9.53 Å². The molecule has 0 aliphatic rings. The van der Waals surface area contributed by atoms with Crippen molar-refractivity contribution in [1.29, 1.82) is 0 Å². The van der Waals surface area contributed by atoms with Crippen LogP contribution in [0.3, 0.4) is 0 Å². The molecular weight excluding hydrogens is 290 g/mol. The number of hydrogen-bond donors (Lipinski definition) is 1. The maximum Gasteiger partial charge on any atom is 0.271 e. The molecule has 0 aliphatic heterocycles. The number of para-hydroxylation sites is 1. The van der Waals surface area contributed by atoms with Gasteiger partial charge in [0.15, 0.2) is 6.73 Å². The van der Waals surface area contributed by atoms with Crippen molar-refractivity contribution in [3.63, 3.8) is 0 Å². The molecular formula is C15H18ClN3O2. The van der Waals surface area contributed by atoms with Crippen LogP contribution >= 0.6 is 11.6 Å². The summed E-state index contributed by atoms with van der Waals surface area (Å²) >= 11 is 6.00. The average Bonchev–Trinajstić information content (AvgIpc) is 2.95. The first kappa shape index (κ1) is 15.4. The molecule has 1 atom stereocenters. The van der Waals surface area contributed by atoms with Crippen LogP contribution in [0.15, 0.2) is 36.5 Å². The largest absolute Gasteiger partial charge is 0.470 e. The summed E-state index contributed by atoms with van der Waals surface area (Å²) in [6, 6.07) is 9.00. The van der Waals surface area contributed by atoms with Gasteiger partial charge in [0.2, 0.25) is 0 Å². The van der Waals surface area contributed by atoms with E-state index in [2.05, 4.69) is 10.4 Å². The summed E-state index contributed by atoms with van der Waals surface area (Å²) in [5, 5.41) is 7.59. The highest BCUT2D eigenvalue weighted by Crippen LogP contribution is 2.23. The minimum Gasteiger partial charge on any atom is -0.470 e. The van der Waals surface area contributed by atoms with Gasteiger partial charge in [-0.15, -0.1) is 0 Å². The third kappa shape index (κ3) is 4.23.